The van der Waals surface area contributed by atoms with Gasteiger partial charge in [-0.25, -0.2) is 4.98 Å². The zero-order chi connectivity index (χ0) is 15.2. The van der Waals surface area contributed by atoms with Crippen LogP contribution in [0.5, 0.6) is 0 Å². The van der Waals surface area contributed by atoms with Crippen LogP contribution in [-0.4, -0.2) is 33.9 Å². The Morgan fingerprint density at radius 2 is 2.23 bits per heavy atom. The van der Waals surface area contributed by atoms with Gasteiger partial charge in [-0.1, -0.05) is 6.07 Å². The summed E-state index contributed by atoms with van der Waals surface area (Å²) < 4.78 is 0. The van der Waals surface area contributed by atoms with Crippen LogP contribution in [-0.2, 0) is 11.3 Å². The minimum Gasteiger partial charge on any atom is -0.355 e. The summed E-state index contributed by atoms with van der Waals surface area (Å²) in [7, 11) is 0. The number of nitrogens with one attached hydrogen (secondary N) is 1. The predicted octanol–water partition coefficient (Wildman–Crippen LogP) is 1.40. The van der Waals surface area contributed by atoms with Gasteiger partial charge in [0.15, 0.2) is 0 Å². The van der Waals surface area contributed by atoms with Crippen LogP contribution in [0, 0.1) is 5.92 Å². The molecule has 1 aliphatic heterocycles. The molecule has 0 spiro atoms. The highest BCUT2D eigenvalue weighted by Crippen LogP contribution is 2.21. The molecule has 0 aliphatic carbocycles. The summed E-state index contributed by atoms with van der Waals surface area (Å²) in [6.07, 6.45) is 8.71. The topological polar surface area (TPSA) is 71.0 Å². The molecular formula is C16H19N5O. The average Bonchev–Trinajstić information content (AvgIpc) is 2.61. The minimum atomic E-state index is -0.0144. The lowest BCUT2D eigenvalue weighted by atomic mass is 9.97. The average molecular weight is 297 g/mol. The molecule has 0 aromatic carbocycles. The first-order valence-corrected chi connectivity index (χ1v) is 7.51. The highest BCUT2D eigenvalue weighted by Gasteiger charge is 2.26. The molecule has 2 aromatic heterocycles. The smallest absolute Gasteiger partial charge is 0.225 e. The lowest BCUT2D eigenvalue weighted by Gasteiger charge is -2.32. The number of carbonyl (C=O) groups excluding carboxylic acids is 1. The molecule has 1 saturated heterocycles. The molecule has 0 saturated carbocycles. The molecule has 6 heteroatoms. The molecule has 1 fully saturated rings. The first-order valence-electron chi connectivity index (χ1n) is 7.51. The van der Waals surface area contributed by atoms with Crippen molar-refractivity contribution in [2.24, 2.45) is 5.92 Å². The molecule has 1 aliphatic rings. The van der Waals surface area contributed by atoms with Gasteiger partial charge >= 0.3 is 0 Å². The number of nitrogens with zero attached hydrogens (tertiary/aromatic N) is 4. The molecule has 1 N–H and O–H groups in total. The molecule has 3 heterocycles. The Morgan fingerprint density at radius 3 is 3.00 bits per heavy atom. The highest BCUT2D eigenvalue weighted by molar-refractivity contribution is 5.79. The monoisotopic (exact) mass is 297 g/mol. The Kier molecular flexibility index (Phi) is 4.58. The molecule has 1 amide bonds. The van der Waals surface area contributed by atoms with Gasteiger partial charge in [-0.15, -0.1) is 0 Å². The third kappa shape index (κ3) is 3.58. The first kappa shape index (κ1) is 14.4. The molecule has 6 nitrogen and oxygen atoms in total. The number of carbonyl (C=O) groups is 1. The van der Waals surface area contributed by atoms with E-state index in [0.717, 1.165) is 30.9 Å². The van der Waals surface area contributed by atoms with Gasteiger partial charge in [-0.2, -0.15) is 0 Å². The summed E-state index contributed by atoms with van der Waals surface area (Å²) in [6, 6.07) is 5.70. The molecule has 0 radical (unpaired) electrons. The van der Waals surface area contributed by atoms with E-state index < -0.39 is 0 Å². The number of rotatable bonds is 4. The quantitative estimate of drug-likeness (QED) is 0.924. The Bertz CT molecular complexity index is 604. The van der Waals surface area contributed by atoms with E-state index in [1.54, 1.807) is 24.8 Å². The van der Waals surface area contributed by atoms with Gasteiger partial charge in [0.2, 0.25) is 5.91 Å². The van der Waals surface area contributed by atoms with Gasteiger partial charge in [-0.05, 0) is 25.0 Å². The fourth-order valence-electron chi connectivity index (χ4n) is 2.68. The number of amides is 1. The van der Waals surface area contributed by atoms with Crippen LogP contribution in [0.25, 0.3) is 0 Å². The van der Waals surface area contributed by atoms with E-state index in [1.807, 2.05) is 18.2 Å². The Hall–Kier alpha value is -2.50. The lowest BCUT2D eigenvalue weighted by molar-refractivity contribution is -0.125. The largest absolute Gasteiger partial charge is 0.355 e. The van der Waals surface area contributed by atoms with Crippen LogP contribution in [0.15, 0.2) is 43.0 Å². The van der Waals surface area contributed by atoms with Gasteiger partial charge in [0.05, 0.1) is 24.4 Å². The van der Waals surface area contributed by atoms with Crippen LogP contribution >= 0.6 is 0 Å². The SMILES string of the molecule is O=C(NCc1ccccn1)[C@H]1CCCN(c2cnccn2)C1. The van der Waals surface area contributed by atoms with Crippen LogP contribution in [0.1, 0.15) is 18.5 Å². The fourth-order valence-corrected chi connectivity index (χ4v) is 2.68. The van der Waals surface area contributed by atoms with Crippen molar-refractivity contribution in [3.05, 3.63) is 48.7 Å². The standard InChI is InChI=1S/C16H19N5O/c22-16(20-10-14-5-1-2-6-18-14)13-4-3-9-21(12-13)15-11-17-7-8-19-15/h1-2,5-8,11,13H,3-4,9-10,12H2,(H,20,22)/t13-/m0/s1. The Labute approximate surface area is 129 Å². The number of hydrogen-bond acceptors (Lipinski definition) is 5. The first-order chi connectivity index (χ1) is 10.8. The van der Waals surface area contributed by atoms with Gasteiger partial charge in [-0.3, -0.25) is 14.8 Å². The van der Waals surface area contributed by atoms with Crippen LogP contribution in [0.3, 0.4) is 0 Å². The molecule has 0 unspecified atom stereocenters. The minimum absolute atomic E-state index is 0.0144. The molecule has 22 heavy (non-hydrogen) atoms. The predicted molar refractivity (Wildman–Crippen MR) is 83.1 cm³/mol. The Balaban J connectivity index is 1.56. The van der Waals surface area contributed by atoms with E-state index in [-0.39, 0.29) is 11.8 Å². The summed E-state index contributed by atoms with van der Waals surface area (Å²) in [6.45, 7) is 2.08. The lowest BCUT2D eigenvalue weighted by Crippen LogP contribution is -2.43. The summed E-state index contributed by atoms with van der Waals surface area (Å²) in [5.74, 6) is 0.906. The maximum atomic E-state index is 12.3. The van der Waals surface area contributed by atoms with E-state index in [9.17, 15) is 4.79 Å². The van der Waals surface area contributed by atoms with Crippen molar-refractivity contribution < 1.29 is 4.79 Å². The summed E-state index contributed by atoms with van der Waals surface area (Å²) >= 11 is 0. The van der Waals surface area contributed by atoms with Crippen molar-refractivity contribution in [1.29, 1.82) is 0 Å². The number of aromatic nitrogens is 3. The van der Waals surface area contributed by atoms with E-state index in [1.165, 1.54) is 0 Å². The maximum Gasteiger partial charge on any atom is 0.225 e. The third-order valence-electron chi connectivity index (χ3n) is 3.84. The second-order valence-corrected chi connectivity index (χ2v) is 5.39. The fraction of sp³-hybridized carbons (Fsp3) is 0.375. The van der Waals surface area contributed by atoms with Crippen molar-refractivity contribution in [2.75, 3.05) is 18.0 Å². The van der Waals surface area contributed by atoms with Gasteiger partial charge in [0.25, 0.3) is 0 Å². The van der Waals surface area contributed by atoms with E-state index >= 15 is 0 Å². The maximum absolute atomic E-state index is 12.3. The summed E-state index contributed by atoms with van der Waals surface area (Å²) in [4.78, 5) is 27.1. The van der Waals surface area contributed by atoms with Crippen LogP contribution in [0.2, 0.25) is 0 Å². The zero-order valence-electron chi connectivity index (χ0n) is 12.4. The van der Waals surface area contributed by atoms with Crippen LogP contribution < -0.4 is 10.2 Å². The van der Waals surface area contributed by atoms with E-state index in [2.05, 4.69) is 25.2 Å². The summed E-state index contributed by atoms with van der Waals surface area (Å²) in [5, 5.41) is 2.98. The van der Waals surface area contributed by atoms with Crippen molar-refractivity contribution in [3.63, 3.8) is 0 Å². The molecule has 0 bridgehead atoms. The molecule has 3 rings (SSSR count). The van der Waals surface area contributed by atoms with Gasteiger partial charge in [0, 0.05) is 31.7 Å². The second-order valence-electron chi connectivity index (χ2n) is 5.39. The molecular weight excluding hydrogens is 278 g/mol. The molecule has 1 atom stereocenters. The van der Waals surface area contributed by atoms with Crippen molar-refractivity contribution >= 4 is 11.7 Å². The summed E-state index contributed by atoms with van der Waals surface area (Å²) in [5.41, 5.74) is 0.873. The van der Waals surface area contributed by atoms with Crippen molar-refractivity contribution in [2.45, 2.75) is 19.4 Å². The van der Waals surface area contributed by atoms with Crippen molar-refractivity contribution in [1.82, 2.24) is 20.3 Å². The van der Waals surface area contributed by atoms with Crippen LogP contribution in [0.4, 0.5) is 5.82 Å². The van der Waals surface area contributed by atoms with Gasteiger partial charge in [0.1, 0.15) is 5.82 Å². The van der Waals surface area contributed by atoms with E-state index in [0.29, 0.717) is 13.1 Å². The number of piperidine rings is 1. The Morgan fingerprint density at radius 1 is 1.27 bits per heavy atom. The second kappa shape index (κ2) is 6.98. The molecule has 114 valence electrons. The molecule has 2 aromatic rings. The van der Waals surface area contributed by atoms with E-state index in [4.69, 9.17) is 0 Å². The van der Waals surface area contributed by atoms with Gasteiger partial charge < -0.3 is 10.2 Å². The number of pyridine rings is 1. The third-order valence-corrected chi connectivity index (χ3v) is 3.84. The number of hydrogen-bond donors (Lipinski definition) is 1. The van der Waals surface area contributed by atoms with Crippen molar-refractivity contribution in [3.8, 4) is 0 Å². The normalized spacial score (nSPS) is 18.0. The highest BCUT2D eigenvalue weighted by atomic mass is 16.1. The number of anilines is 1. The zero-order valence-corrected chi connectivity index (χ0v) is 12.4.